The van der Waals surface area contributed by atoms with Crippen LogP contribution in [0.4, 0.5) is 5.69 Å². The highest BCUT2D eigenvalue weighted by molar-refractivity contribution is 6.33. The standard InChI is InChI=1S/C16H18ClNO6/c1-4-11(13(14(19)20)15(21)22)18(5-2)12-8-9(16(23)24-3)6-7-10(12)17/h6-8H,4-5H2,1-3H3,(H,19,20)(H,21,22). The Bertz CT molecular complexity index is 682. The van der Waals surface area contributed by atoms with Crippen molar-refractivity contribution >= 4 is 35.2 Å². The lowest BCUT2D eigenvalue weighted by Gasteiger charge is -2.27. The van der Waals surface area contributed by atoms with Gasteiger partial charge in [0.05, 0.1) is 23.4 Å². The third kappa shape index (κ3) is 4.05. The first-order valence-electron chi connectivity index (χ1n) is 7.13. The first-order chi connectivity index (χ1) is 11.3. The monoisotopic (exact) mass is 355 g/mol. The normalized spacial score (nSPS) is 10.0. The Kier molecular flexibility index (Phi) is 6.79. The van der Waals surface area contributed by atoms with Crippen molar-refractivity contribution in [1.82, 2.24) is 0 Å². The predicted molar refractivity (Wildman–Crippen MR) is 88.4 cm³/mol. The maximum Gasteiger partial charge on any atom is 0.344 e. The van der Waals surface area contributed by atoms with Crippen molar-refractivity contribution in [3.63, 3.8) is 0 Å². The van der Waals surface area contributed by atoms with Crippen LogP contribution in [-0.2, 0) is 14.3 Å². The van der Waals surface area contributed by atoms with Crippen molar-refractivity contribution in [2.45, 2.75) is 20.3 Å². The van der Waals surface area contributed by atoms with Crippen molar-refractivity contribution in [3.05, 3.63) is 40.1 Å². The fourth-order valence-electron chi connectivity index (χ4n) is 2.31. The molecule has 0 bridgehead atoms. The molecule has 0 radical (unpaired) electrons. The van der Waals surface area contributed by atoms with E-state index in [9.17, 15) is 24.6 Å². The molecule has 7 nitrogen and oxygen atoms in total. The molecule has 1 rings (SSSR count). The Morgan fingerprint density at radius 2 is 1.75 bits per heavy atom. The first-order valence-corrected chi connectivity index (χ1v) is 7.51. The van der Waals surface area contributed by atoms with E-state index >= 15 is 0 Å². The lowest BCUT2D eigenvalue weighted by molar-refractivity contribution is -0.140. The third-order valence-electron chi connectivity index (χ3n) is 3.35. The Balaban J connectivity index is 3.60. The number of carboxylic acids is 2. The van der Waals surface area contributed by atoms with Crippen molar-refractivity contribution in [3.8, 4) is 0 Å². The van der Waals surface area contributed by atoms with E-state index < -0.39 is 23.5 Å². The second-order valence-corrected chi connectivity index (χ2v) is 5.09. The summed E-state index contributed by atoms with van der Waals surface area (Å²) in [5.41, 5.74) is -0.0998. The lowest BCUT2D eigenvalue weighted by Crippen LogP contribution is -2.28. The largest absolute Gasteiger partial charge is 0.477 e. The zero-order chi connectivity index (χ0) is 18.4. The van der Waals surface area contributed by atoms with Crippen molar-refractivity contribution in [2.75, 3.05) is 18.6 Å². The molecule has 0 aliphatic heterocycles. The number of anilines is 1. The van der Waals surface area contributed by atoms with Gasteiger partial charge >= 0.3 is 17.9 Å². The minimum Gasteiger partial charge on any atom is -0.477 e. The summed E-state index contributed by atoms with van der Waals surface area (Å²) in [6.45, 7) is 3.62. The molecule has 0 amide bonds. The van der Waals surface area contributed by atoms with Gasteiger partial charge < -0.3 is 19.8 Å². The molecule has 2 N–H and O–H groups in total. The van der Waals surface area contributed by atoms with Gasteiger partial charge in [0.15, 0.2) is 5.57 Å². The van der Waals surface area contributed by atoms with Crippen LogP contribution in [0.5, 0.6) is 0 Å². The Hall–Kier alpha value is -2.54. The van der Waals surface area contributed by atoms with E-state index in [2.05, 4.69) is 4.74 Å². The molecule has 0 aliphatic rings. The summed E-state index contributed by atoms with van der Waals surface area (Å²) >= 11 is 6.17. The SMILES string of the molecule is CCC(=C(C(=O)O)C(=O)O)N(CC)c1cc(C(=O)OC)ccc1Cl. The van der Waals surface area contributed by atoms with Gasteiger partial charge in [0.2, 0.25) is 0 Å². The van der Waals surface area contributed by atoms with Crippen LogP contribution in [0.2, 0.25) is 5.02 Å². The van der Waals surface area contributed by atoms with E-state index in [-0.39, 0.29) is 29.2 Å². The van der Waals surface area contributed by atoms with Crippen LogP contribution < -0.4 is 4.90 Å². The fourth-order valence-corrected chi connectivity index (χ4v) is 2.53. The van der Waals surface area contributed by atoms with E-state index in [1.165, 1.54) is 30.2 Å². The van der Waals surface area contributed by atoms with Gasteiger partial charge in [0.25, 0.3) is 0 Å². The molecular formula is C16H18ClNO6. The van der Waals surface area contributed by atoms with Gasteiger partial charge in [-0.3, -0.25) is 0 Å². The number of allylic oxidation sites excluding steroid dienone is 1. The van der Waals surface area contributed by atoms with Gasteiger partial charge in [-0.2, -0.15) is 0 Å². The number of nitrogens with zero attached hydrogens (tertiary/aromatic N) is 1. The zero-order valence-corrected chi connectivity index (χ0v) is 14.3. The van der Waals surface area contributed by atoms with Gasteiger partial charge in [-0.25, -0.2) is 14.4 Å². The average molecular weight is 356 g/mol. The van der Waals surface area contributed by atoms with Crippen LogP contribution in [0, 0.1) is 0 Å². The van der Waals surface area contributed by atoms with Crippen LogP contribution in [0.1, 0.15) is 30.6 Å². The van der Waals surface area contributed by atoms with Gasteiger partial charge in [-0.15, -0.1) is 0 Å². The number of rotatable bonds is 7. The number of ether oxygens (including phenoxy) is 1. The fraction of sp³-hybridized carbons (Fsp3) is 0.312. The molecule has 0 unspecified atom stereocenters. The molecule has 8 heteroatoms. The molecule has 130 valence electrons. The number of aliphatic carboxylic acids is 2. The molecule has 0 spiro atoms. The maximum atomic E-state index is 11.7. The molecule has 0 fully saturated rings. The van der Waals surface area contributed by atoms with Crippen LogP contribution in [0.25, 0.3) is 0 Å². The summed E-state index contributed by atoms with van der Waals surface area (Å²) in [6, 6.07) is 4.38. The van der Waals surface area contributed by atoms with Gasteiger partial charge in [0, 0.05) is 12.2 Å². The molecule has 0 heterocycles. The quantitative estimate of drug-likeness (QED) is 0.335. The molecule has 24 heavy (non-hydrogen) atoms. The number of carbonyl (C=O) groups is 3. The molecule has 0 saturated heterocycles. The van der Waals surface area contributed by atoms with E-state index in [4.69, 9.17) is 11.6 Å². The minimum atomic E-state index is -1.54. The van der Waals surface area contributed by atoms with Crippen LogP contribution in [0.3, 0.4) is 0 Å². The number of hydrogen-bond donors (Lipinski definition) is 2. The molecule has 1 aromatic carbocycles. The highest BCUT2D eigenvalue weighted by Gasteiger charge is 2.26. The third-order valence-corrected chi connectivity index (χ3v) is 3.67. The number of methoxy groups -OCH3 is 1. The number of carboxylic acid groups (broad SMARTS) is 2. The summed E-state index contributed by atoms with van der Waals surface area (Å²) < 4.78 is 4.65. The maximum absolute atomic E-state index is 11.7. The highest BCUT2D eigenvalue weighted by atomic mass is 35.5. The van der Waals surface area contributed by atoms with Crippen LogP contribution in [-0.4, -0.2) is 41.8 Å². The summed E-state index contributed by atoms with van der Waals surface area (Å²) in [7, 11) is 1.23. The van der Waals surface area contributed by atoms with Crippen molar-refractivity contribution in [1.29, 1.82) is 0 Å². The van der Waals surface area contributed by atoms with Crippen LogP contribution >= 0.6 is 11.6 Å². The lowest BCUT2D eigenvalue weighted by atomic mass is 10.1. The first kappa shape index (κ1) is 19.5. The molecule has 0 aromatic heterocycles. The van der Waals surface area contributed by atoms with E-state index in [1.54, 1.807) is 13.8 Å². The Labute approximate surface area is 144 Å². The molecule has 0 saturated carbocycles. The Morgan fingerprint density at radius 3 is 2.17 bits per heavy atom. The number of benzene rings is 1. The predicted octanol–water partition coefficient (Wildman–Crippen LogP) is 2.79. The van der Waals surface area contributed by atoms with Crippen LogP contribution in [0.15, 0.2) is 29.5 Å². The summed E-state index contributed by atoms with van der Waals surface area (Å²) in [4.78, 5) is 35.8. The summed E-state index contributed by atoms with van der Waals surface area (Å²) in [6.07, 6.45) is 0.153. The minimum absolute atomic E-state index is 0.0846. The summed E-state index contributed by atoms with van der Waals surface area (Å²) in [5.74, 6) is -3.67. The topological polar surface area (TPSA) is 104 Å². The molecule has 0 aliphatic carbocycles. The van der Waals surface area contributed by atoms with Crippen molar-refractivity contribution in [2.24, 2.45) is 0 Å². The Morgan fingerprint density at radius 1 is 1.17 bits per heavy atom. The second-order valence-electron chi connectivity index (χ2n) is 4.69. The second kappa shape index (κ2) is 8.35. The van der Waals surface area contributed by atoms with Gasteiger partial charge in [-0.05, 0) is 31.5 Å². The van der Waals surface area contributed by atoms with E-state index in [0.29, 0.717) is 5.69 Å². The average Bonchev–Trinajstić information content (AvgIpc) is 2.54. The molecule has 1 aromatic rings. The molecular weight excluding hydrogens is 338 g/mol. The number of esters is 1. The van der Waals surface area contributed by atoms with E-state index in [0.717, 1.165) is 0 Å². The van der Waals surface area contributed by atoms with E-state index in [1.807, 2.05) is 0 Å². The number of carbonyl (C=O) groups excluding carboxylic acids is 1. The van der Waals surface area contributed by atoms with Gasteiger partial charge in [-0.1, -0.05) is 18.5 Å². The zero-order valence-electron chi connectivity index (χ0n) is 13.5. The highest BCUT2D eigenvalue weighted by Crippen LogP contribution is 2.32. The summed E-state index contributed by atoms with van der Waals surface area (Å²) in [5, 5.41) is 18.7. The van der Waals surface area contributed by atoms with Crippen molar-refractivity contribution < 1.29 is 29.3 Å². The smallest absolute Gasteiger partial charge is 0.344 e. The van der Waals surface area contributed by atoms with Gasteiger partial charge in [0.1, 0.15) is 0 Å². The number of halogens is 1. The number of hydrogen-bond acceptors (Lipinski definition) is 5. The molecule has 0 atom stereocenters.